The average molecular weight is 1670 g/mol. The first kappa shape index (κ1) is 102. The third-order valence-corrected chi connectivity index (χ3v) is 22.8. The summed E-state index contributed by atoms with van der Waals surface area (Å²) < 4.78 is 0. The van der Waals surface area contributed by atoms with Crippen molar-refractivity contribution in [1.29, 1.82) is 0 Å². The topological polar surface area (TPSA) is 386 Å². The molecular formula is C88H143N15O16. The van der Waals surface area contributed by atoms with Crippen LogP contribution in [-0.2, 0) is 84.8 Å². The van der Waals surface area contributed by atoms with E-state index in [9.17, 15) is 43.5 Å². The van der Waals surface area contributed by atoms with Crippen molar-refractivity contribution in [2.24, 2.45) is 41.4 Å². The number of aliphatic hydroxyl groups excluding tert-OH is 1. The molecule has 2 aliphatic heterocycles. The highest BCUT2D eigenvalue weighted by molar-refractivity contribution is 6.02. The molecule has 2 heterocycles. The Morgan fingerprint density at radius 3 is 1.34 bits per heavy atom. The van der Waals surface area contributed by atoms with Crippen molar-refractivity contribution in [2.45, 2.75) is 292 Å². The largest absolute Gasteiger partial charge is 0.391 e. The Labute approximate surface area is 706 Å². The van der Waals surface area contributed by atoms with Gasteiger partial charge in [-0.05, 0) is 132 Å². The van der Waals surface area contributed by atoms with E-state index in [-0.39, 0.29) is 86.4 Å². The van der Waals surface area contributed by atoms with Crippen LogP contribution in [0.25, 0.3) is 0 Å². The van der Waals surface area contributed by atoms with Gasteiger partial charge < -0.3 is 81.5 Å². The third-order valence-electron chi connectivity index (χ3n) is 22.8. The van der Waals surface area contributed by atoms with Gasteiger partial charge in [-0.1, -0.05) is 164 Å². The van der Waals surface area contributed by atoms with Crippen LogP contribution in [0, 0.1) is 41.4 Å². The quantitative estimate of drug-likeness (QED) is 0.0613. The number of nitrogens with one attached hydrogen (secondary N) is 7. The Kier molecular flexibility index (Phi) is 40.6. The molecule has 8 N–H and O–H groups in total. The van der Waals surface area contributed by atoms with Crippen LogP contribution in [0.5, 0.6) is 0 Å². The molecule has 0 radical (unpaired) electrons. The maximum absolute atomic E-state index is 15.7. The fraction of sp³-hybridized carbons (Fsp3) is 0.693. The van der Waals surface area contributed by atoms with Crippen molar-refractivity contribution in [2.75, 3.05) is 62.4 Å². The van der Waals surface area contributed by atoms with Crippen molar-refractivity contribution in [3.63, 3.8) is 0 Å². The number of amides is 15. The van der Waals surface area contributed by atoms with Crippen molar-refractivity contribution in [3.8, 4) is 0 Å². The van der Waals surface area contributed by atoms with Gasteiger partial charge in [-0.25, -0.2) is 0 Å². The van der Waals surface area contributed by atoms with E-state index in [1.807, 2.05) is 83.1 Å². The summed E-state index contributed by atoms with van der Waals surface area (Å²) in [5, 5.41) is 31.1. The number of carbonyl (C=O) groups is 15. The number of carbonyl (C=O) groups excluding carboxylic acids is 15. The highest BCUT2D eigenvalue weighted by Crippen LogP contribution is 2.26. The molecule has 0 aromatic heterocycles. The van der Waals surface area contributed by atoms with Crippen molar-refractivity contribution >= 4 is 88.6 Å². The minimum Gasteiger partial charge on any atom is -0.391 e. The monoisotopic (exact) mass is 1670 g/mol. The summed E-state index contributed by atoms with van der Waals surface area (Å²) in [6.07, 6.45) is 0.577. The number of piperidine rings is 1. The molecule has 119 heavy (non-hydrogen) atoms. The number of hydrogen-bond acceptors (Lipinski definition) is 16. The van der Waals surface area contributed by atoms with Crippen LogP contribution >= 0.6 is 0 Å². The van der Waals surface area contributed by atoms with E-state index in [4.69, 9.17) is 0 Å². The minimum absolute atomic E-state index is 0.0426. The molecule has 0 unspecified atom stereocenters. The zero-order chi connectivity index (χ0) is 90.1. The van der Waals surface area contributed by atoms with Gasteiger partial charge in [0, 0.05) is 75.3 Å². The van der Waals surface area contributed by atoms with Gasteiger partial charge in [0.25, 0.3) is 0 Å². The molecule has 666 valence electrons. The predicted octanol–water partition coefficient (Wildman–Crippen LogP) is 4.44. The maximum Gasteiger partial charge on any atom is 0.248 e. The van der Waals surface area contributed by atoms with Crippen molar-refractivity contribution in [1.82, 2.24) is 76.4 Å². The number of nitrogens with zero attached hydrogens (tertiary/aromatic N) is 8. The highest BCUT2D eigenvalue weighted by atomic mass is 16.3. The van der Waals surface area contributed by atoms with Gasteiger partial charge in [-0.15, -0.1) is 0 Å². The van der Waals surface area contributed by atoms with E-state index in [0.717, 1.165) is 34.0 Å². The lowest BCUT2D eigenvalue weighted by Crippen LogP contribution is -2.63. The Morgan fingerprint density at radius 2 is 0.891 bits per heavy atom. The van der Waals surface area contributed by atoms with E-state index in [1.54, 1.807) is 79.4 Å². The molecule has 4 rings (SSSR count). The lowest BCUT2D eigenvalue weighted by Gasteiger charge is -2.39. The molecule has 16 atom stereocenters. The summed E-state index contributed by atoms with van der Waals surface area (Å²) in [7, 11) is 9.50. The van der Waals surface area contributed by atoms with Crippen LogP contribution in [0.2, 0.25) is 0 Å². The summed E-state index contributed by atoms with van der Waals surface area (Å²) in [6, 6.07) is -2.48. The first-order chi connectivity index (χ1) is 55.6. The van der Waals surface area contributed by atoms with E-state index in [2.05, 4.69) is 37.2 Å². The zero-order valence-corrected chi connectivity index (χ0v) is 75.5. The van der Waals surface area contributed by atoms with Crippen LogP contribution in [-0.4, -0.2) is 286 Å². The molecule has 0 aliphatic carbocycles. The first-order valence-corrected chi connectivity index (χ1v) is 42.6. The molecule has 0 spiro atoms. The Bertz CT molecular complexity index is 3760. The number of likely N-dealkylation sites (N-methyl/N-ethyl adjacent to an activating group) is 7. The second-order valence-corrected chi connectivity index (χ2v) is 35.5. The molecule has 31 nitrogen and oxygen atoms in total. The van der Waals surface area contributed by atoms with Gasteiger partial charge in [-0.2, -0.15) is 0 Å². The fourth-order valence-corrected chi connectivity index (χ4v) is 15.1. The molecule has 15 amide bonds. The number of benzene rings is 2. The van der Waals surface area contributed by atoms with Crippen LogP contribution in [0.4, 0.5) is 0 Å². The van der Waals surface area contributed by atoms with Crippen LogP contribution < -0.4 is 37.2 Å². The fourth-order valence-electron chi connectivity index (χ4n) is 15.1. The SMILES string of the molecule is CC[C@H](C)[C@H](NC(=O)[C@H](CC(C)C)N(C)C(=O)[C@H](CC(C)C)NC(=O)[C@H](C)N(C)C(=O)[C@@H]1CC(=O)N[C@@H](C)C(=O)N(C)[C@@H](CC(C)C)C(=O)N[C@@H](C(C)C)C(=O)N[C@@H](C)C(=O)N(C)[C@@H](CC(C)C)C(=O)N(C)[C@@H](CC(C)C)C(=O)N(C)[C@@H](Cc2ccccc2)C(=O)N[C@@H]([C@@H](C)O)C(=O)N(C)[C@@H](Cc2ccccc2)C(=O)N1)C(=O)N1CCCCC1. The molecule has 0 saturated carbocycles. The molecule has 2 fully saturated rings. The van der Waals surface area contributed by atoms with Gasteiger partial charge in [0.2, 0.25) is 88.6 Å². The molecule has 2 aliphatic rings. The smallest absolute Gasteiger partial charge is 0.248 e. The van der Waals surface area contributed by atoms with E-state index in [1.165, 1.54) is 96.6 Å². The van der Waals surface area contributed by atoms with Gasteiger partial charge in [0.1, 0.15) is 84.6 Å². The van der Waals surface area contributed by atoms with Crippen LogP contribution in [0.1, 0.15) is 200 Å². The van der Waals surface area contributed by atoms with Gasteiger partial charge >= 0.3 is 0 Å². The highest BCUT2D eigenvalue weighted by Gasteiger charge is 2.46. The number of rotatable bonds is 27. The lowest BCUT2D eigenvalue weighted by molar-refractivity contribution is -0.153. The molecular weight excluding hydrogens is 1520 g/mol. The molecule has 31 heteroatoms. The molecule has 2 aromatic carbocycles. The summed E-state index contributed by atoms with van der Waals surface area (Å²) >= 11 is 0. The van der Waals surface area contributed by atoms with Crippen LogP contribution in [0.15, 0.2) is 60.7 Å². The van der Waals surface area contributed by atoms with Crippen molar-refractivity contribution < 1.29 is 77.0 Å². The summed E-state index contributed by atoms with van der Waals surface area (Å²) in [5.41, 5.74) is 1.04. The Morgan fingerprint density at radius 1 is 0.471 bits per heavy atom. The van der Waals surface area contributed by atoms with E-state index >= 15 is 33.6 Å². The van der Waals surface area contributed by atoms with Gasteiger partial charge in [0.15, 0.2) is 0 Å². The summed E-state index contributed by atoms with van der Waals surface area (Å²) in [4.78, 5) is 235. The molecule has 2 aromatic rings. The standard InChI is InChI=1S/C88H143N15O16/c1-26-56(14)73(88(119)103-40-34-29-35-41-103)94-78(109)66(44-52(6)7)98(21)84(115)63(42-50(2)3)91-75(106)59(17)96(19)83(114)64-49-71(105)89-57(15)81(112)97(20)65(43-51(4)5)77(108)93-72(55(12)13)80(111)90-58(16)82(113)101(24)69(45-53(8)9)86(117)102(25)70(46-54(10)11)85(116)99(22)68(48-62-38-32-28-33-39-62)79(110)95-74(60(18)104)87(118)100(23)67(76(107)92-64)47-61-36-30-27-31-37-61/h27-28,30-33,36-39,50-60,63-70,72-74,104H,26,29,34-35,40-49H2,1-25H3,(H,89,105)(H,90,111)(H,91,106)(H,92,107)(H,93,108)(H,94,109)(H,95,110)/t56-,57-,58-,59-,60+,63-,64-,65-,66-,67-,68-,69-,70-,72-,73-,74-/m0/s1. The molecule has 2 saturated heterocycles. The van der Waals surface area contributed by atoms with Gasteiger partial charge in [-0.3, -0.25) is 71.9 Å². The second kappa shape index (κ2) is 47.4. The number of aliphatic hydroxyl groups is 1. The zero-order valence-electron chi connectivity index (χ0n) is 75.5. The molecule has 0 bridgehead atoms. The second-order valence-electron chi connectivity index (χ2n) is 35.5. The van der Waals surface area contributed by atoms with E-state index < -0.39 is 186 Å². The van der Waals surface area contributed by atoms with Crippen molar-refractivity contribution in [3.05, 3.63) is 71.8 Å². The maximum atomic E-state index is 15.7. The Balaban J connectivity index is 1.96. The lowest BCUT2D eigenvalue weighted by atomic mass is 9.94. The number of likely N-dealkylation sites (tertiary alicyclic amines) is 1. The minimum atomic E-state index is -1.95. The van der Waals surface area contributed by atoms with E-state index in [0.29, 0.717) is 30.6 Å². The summed E-state index contributed by atoms with van der Waals surface area (Å²) in [6.45, 7) is 32.1. The Hall–Kier alpha value is -9.55. The summed E-state index contributed by atoms with van der Waals surface area (Å²) in [5.74, 6) is -13.6. The number of hydrogen-bond donors (Lipinski definition) is 8. The first-order valence-electron chi connectivity index (χ1n) is 42.6. The van der Waals surface area contributed by atoms with Crippen LogP contribution in [0.3, 0.4) is 0 Å². The van der Waals surface area contributed by atoms with Gasteiger partial charge in [0.05, 0.1) is 12.5 Å². The average Bonchev–Trinajstić information content (AvgIpc) is 0.886. The normalized spacial score (nSPS) is 23.8. The third kappa shape index (κ3) is 29.4. The predicted molar refractivity (Wildman–Crippen MR) is 455 cm³/mol.